The Balaban J connectivity index is -0.000000306. The Morgan fingerprint density at radius 2 is 1.44 bits per heavy atom. The SMILES string of the molecule is C[CH-]C.[CH2-]C1([CH2-])CCN(C(C)C)CC1.[Y+3].[Y]. The molecule has 1 aliphatic heterocycles. The molecule has 1 fully saturated rings. The van der Waals surface area contributed by atoms with Gasteiger partial charge in [0.1, 0.15) is 0 Å². The molecule has 0 amide bonds. The molecule has 0 aromatic carbocycles. The summed E-state index contributed by atoms with van der Waals surface area (Å²) in [6.45, 7) is 19.0. The van der Waals surface area contributed by atoms with Crippen LogP contribution >= 0.6 is 0 Å². The number of piperidine rings is 1. The molecule has 0 aromatic heterocycles. The third-order valence-corrected chi connectivity index (χ3v) is 2.59. The molecule has 0 aromatic rings. The minimum atomic E-state index is 0. The first-order valence-electron chi connectivity index (χ1n) is 5.61. The van der Waals surface area contributed by atoms with Crippen LogP contribution in [0.15, 0.2) is 0 Å². The molecule has 1 radical (unpaired) electrons. The Labute approximate surface area is 154 Å². The van der Waals surface area contributed by atoms with Crippen LogP contribution in [0.5, 0.6) is 0 Å². The van der Waals surface area contributed by atoms with E-state index in [4.69, 9.17) is 0 Å². The van der Waals surface area contributed by atoms with Gasteiger partial charge >= 0.3 is 32.7 Å². The summed E-state index contributed by atoms with van der Waals surface area (Å²) < 4.78 is 0. The largest absolute Gasteiger partial charge is 3.00 e. The summed E-state index contributed by atoms with van der Waals surface area (Å²) in [5.41, 5.74) is 0.103. The van der Waals surface area contributed by atoms with Gasteiger partial charge in [-0.05, 0) is 26.9 Å². The molecule has 0 aliphatic carbocycles. The van der Waals surface area contributed by atoms with Gasteiger partial charge in [-0.15, -0.1) is 0 Å². The smallest absolute Gasteiger partial charge is 0.367 e. The van der Waals surface area contributed by atoms with Gasteiger partial charge in [-0.1, -0.05) is 12.8 Å². The second-order valence-electron chi connectivity index (χ2n) is 4.71. The molecule has 0 bridgehead atoms. The summed E-state index contributed by atoms with van der Waals surface area (Å²) in [5, 5.41) is 0. The van der Waals surface area contributed by atoms with Crippen molar-refractivity contribution >= 4 is 0 Å². The summed E-state index contributed by atoms with van der Waals surface area (Å²) in [5.74, 6) is 0. The molecule has 1 aliphatic rings. The quantitative estimate of drug-likeness (QED) is 0.637. The predicted molar refractivity (Wildman–Crippen MR) is 64.7 cm³/mol. The van der Waals surface area contributed by atoms with Gasteiger partial charge in [0.15, 0.2) is 0 Å². The first kappa shape index (κ1) is 23.3. The summed E-state index contributed by atoms with van der Waals surface area (Å²) in [4.78, 5) is 2.49. The third-order valence-electron chi connectivity index (χ3n) is 2.59. The van der Waals surface area contributed by atoms with Crippen molar-refractivity contribution < 1.29 is 65.4 Å². The van der Waals surface area contributed by atoms with Crippen molar-refractivity contribution in [1.82, 2.24) is 4.90 Å². The van der Waals surface area contributed by atoms with Crippen molar-refractivity contribution in [3.05, 3.63) is 20.3 Å². The van der Waals surface area contributed by atoms with Gasteiger partial charge in [0.05, 0.1) is 0 Å². The number of hydrogen-bond acceptors (Lipinski definition) is 1. The van der Waals surface area contributed by atoms with Gasteiger partial charge in [-0.2, -0.15) is 13.8 Å². The van der Waals surface area contributed by atoms with E-state index >= 15 is 0 Å². The van der Waals surface area contributed by atoms with E-state index in [1.165, 1.54) is 13.1 Å². The Bertz CT molecular complexity index is 137. The fraction of sp³-hybridized carbons (Fsp3) is 0.769. The van der Waals surface area contributed by atoms with Gasteiger partial charge in [-0.3, -0.25) is 5.41 Å². The molecule has 0 saturated carbocycles. The topological polar surface area (TPSA) is 3.24 Å². The molecule has 0 spiro atoms. The first-order chi connectivity index (χ1) is 6.43. The Hall–Kier alpha value is 2.17. The summed E-state index contributed by atoms with van der Waals surface area (Å²) in [7, 11) is 0. The maximum Gasteiger partial charge on any atom is 3.00 e. The minimum absolute atomic E-state index is 0. The van der Waals surface area contributed by atoms with Crippen LogP contribution < -0.4 is 0 Å². The normalized spacial score (nSPS) is 18.9. The summed E-state index contributed by atoms with van der Waals surface area (Å²) in [6, 6.07) is 0.686. The number of rotatable bonds is 1. The summed E-state index contributed by atoms with van der Waals surface area (Å²) in [6.07, 6.45) is 4.29. The molecule has 1 nitrogen and oxygen atoms in total. The van der Waals surface area contributed by atoms with Crippen LogP contribution in [0, 0.1) is 25.7 Å². The molecular formula is C13H26NY2. The summed E-state index contributed by atoms with van der Waals surface area (Å²) >= 11 is 0. The van der Waals surface area contributed by atoms with Crippen molar-refractivity contribution in [2.45, 2.75) is 46.6 Å². The van der Waals surface area contributed by atoms with Gasteiger partial charge < -0.3 is 25.2 Å². The van der Waals surface area contributed by atoms with Crippen LogP contribution in [-0.2, 0) is 65.4 Å². The van der Waals surface area contributed by atoms with E-state index in [2.05, 4.69) is 32.6 Å². The van der Waals surface area contributed by atoms with Gasteiger partial charge in [0.25, 0.3) is 0 Å². The minimum Gasteiger partial charge on any atom is -0.367 e. The predicted octanol–water partition coefficient (Wildman–Crippen LogP) is 3.37. The third kappa shape index (κ3) is 11.3. The average Bonchev–Trinajstić information content (AvgIpc) is 2.04. The first-order valence-corrected chi connectivity index (χ1v) is 5.61. The fourth-order valence-corrected chi connectivity index (χ4v) is 1.51. The maximum atomic E-state index is 4.09. The molecule has 0 atom stereocenters. The average molecular weight is 374 g/mol. The zero-order valence-corrected chi connectivity index (χ0v) is 17.2. The monoisotopic (exact) mass is 374 g/mol. The van der Waals surface area contributed by atoms with E-state index in [9.17, 15) is 0 Å². The van der Waals surface area contributed by atoms with E-state index in [0.717, 1.165) is 12.8 Å². The molecule has 1 saturated heterocycles. The fourth-order valence-electron chi connectivity index (χ4n) is 1.51. The van der Waals surface area contributed by atoms with E-state index in [1.807, 2.05) is 20.3 Å². The van der Waals surface area contributed by atoms with Crippen molar-refractivity contribution in [2.24, 2.45) is 5.41 Å². The molecule has 16 heavy (non-hydrogen) atoms. The van der Waals surface area contributed by atoms with Crippen molar-refractivity contribution in [2.75, 3.05) is 13.1 Å². The number of hydrogen-bond donors (Lipinski definition) is 0. The zero-order valence-electron chi connectivity index (χ0n) is 11.5. The molecule has 3 heteroatoms. The Morgan fingerprint density at radius 1 is 1.12 bits per heavy atom. The van der Waals surface area contributed by atoms with Crippen LogP contribution in [0.25, 0.3) is 0 Å². The standard InChI is InChI=1S/C10H19N.C3H7.2Y/c1-9(2)11-7-5-10(3,4)6-8-11;1-3-2;;/h9H,3-8H2,1-2H3;3H,1-2H3;;/q-2;-1;;+3. The zero-order chi connectivity index (χ0) is 11.2. The maximum absolute atomic E-state index is 4.09. The molecule has 0 N–H and O–H groups in total. The Kier molecular flexibility index (Phi) is 17.8. The molecule has 0 unspecified atom stereocenters. The van der Waals surface area contributed by atoms with Crippen molar-refractivity contribution in [3.8, 4) is 0 Å². The van der Waals surface area contributed by atoms with Gasteiger partial charge in [0.2, 0.25) is 0 Å². The van der Waals surface area contributed by atoms with Crippen molar-refractivity contribution in [1.29, 1.82) is 0 Å². The second kappa shape index (κ2) is 12.2. The van der Waals surface area contributed by atoms with Crippen molar-refractivity contribution in [3.63, 3.8) is 0 Å². The molecule has 1 rings (SSSR count). The number of nitrogens with zero attached hydrogens (tertiary/aromatic N) is 1. The number of likely N-dealkylation sites (tertiary alicyclic amines) is 1. The second-order valence-corrected chi connectivity index (χ2v) is 4.71. The van der Waals surface area contributed by atoms with Crippen LogP contribution in [0.4, 0.5) is 0 Å². The van der Waals surface area contributed by atoms with Crippen LogP contribution in [0.2, 0.25) is 0 Å². The molecule has 1 heterocycles. The molecular weight excluding hydrogens is 348 g/mol. The van der Waals surface area contributed by atoms with Gasteiger partial charge in [0, 0.05) is 38.8 Å². The van der Waals surface area contributed by atoms with E-state index < -0.39 is 0 Å². The van der Waals surface area contributed by atoms with E-state index in [-0.39, 0.29) is 70.8 Å². The van der Waals surface area contributed by atoms with E-state index in [1.54, 1.807) is 0 Å². The van der Waals surface area contributed by atoms with Crippen LogP contribution in [0.1, 0.15) is 40.5 Å². The van der Waals surface area contributed by atoms with E-state index in [0.29, 0.717) is 6.04 Å². The van der Waals surface area contributed by atoms with Crippen LogP contribution in [-0.4, -0.2) is 24.0 Å². The molecule has 89 valence electrons. The Morgan fingerprint density at radius 3 is 1.69 bits per heavy atom. The van der Waals surface area contributed by atoms with Crippen LogP contribution in [0.3, 0.4) is 0 Å². The van der Waals surface area contributed by atoms with Gasteiger partial charge in [-0.25, -0.2) is 0 Å².